The van der Waals surface area contributed by atoms with Crippen LogP contribution in [0.5, 0.6) is 0 Å². The van der Waals surface area contributed by atoms with Crippen molar-refractivity contribution in [2.45, 2.75) is 52.1 Å². The molecule has 3 aromatic rings. The summed E-state index contributed by atoms with van der Waals surface area (Å²) in [5, 5.41) is 13.6. The fourth-order valence-corrected chi connectivity index (χ4v) is 4.45. The summed E-state index contributed by atoms with van der Waals surface area (Å²) in [4.78, 5) is 9.30. The summed E-state index contributed by atoms with van der Waals surface area (Å²) in [5.74, 6) is 0.543. The van der Waals surface area contributed by atoms with Gasteiger partial charge in [-0.25, -0.2) is 13.8 Å². The number of aryl methyl sites for hydroxylation is 2. The molecule has 0 radical (unpaired) electrons. The number of nitrogens with zero attached hydrogens (tertiary/aromatic N) is 5. The van der Waals surface area contributed by atoms with Gasteiger partial charge in [-0.1, -0.05) is 0 Å². The molecule has 2 aromatic heterocycles. The standard InChI is InChI=1S/C25H32F2N6/c1-15-11-18(26)12-19(23(15)27)16(2)29-24-20-13-22(28-14-21(20)17(3)30-31-24)33-9-7-25(4,8-10-33)32(5)6/h11-14,16H,7-10H2,1-6H3,(H,29,31)/t16-/m1/s1. The van der Waals surface area contributed by atoms with E-state index < -0.39 is 17.7 Å². The molecule has 1 aromatic carbocycles. The number of benzene rings is 1. The lowest BCUT2D eigenvalue weighted by atomic mass is 9.88. The maximum atomic E-state index is 14.7. The molecule has 1 fully saturated rings. The summed E-state index contributed by atoms with van der Waals surface area (Å²) in [6, 6.07) is 3.96. The molecule has 0 spiro atoms. The van der Waals surface area contributed by atoms with Gasteiger partial charge < -0.3 is 15.1 Å². The average molecular weight is 455 g/mol. The van der Waals surface area contributed by atoms with Gasteiger partial charge in [0.1, 0.15) is 17.5 Å². The Bertz CT molecular complexity index is 1170. The predicted molar refractivity (Wildman–Crippen MR) is 129 cm³/mol. The van der Waals surface area contributed by atoms with Crippen LogP contribution in [-0.4, -0.2) is 52.8 Å². The number of pyridine rings is 1. The van der Waals surface area contributed by atoms with Crippen molar-refractivity contribution in [1.29, 1.82) is 0 Å². The van der Waals surface area contributed by atoms with Crippen LogP contribution in [0.3, 0.4) is 0 Å². The second kappa shape index (κ2) is 8.82. The van der Waals surface area contributed by atoms with Gasteiger partial charge in [-0.05, 0) is 78.4 Å². The van der Waals surface area contributed by atoms with Gasteiger partial charge in [0.15, 0.2) is 5.82 Å². The Morgan fingerprint density at radius 3 is 2.42 bits per heavy atom. The molecule has 1 aliphatic heterocycles. The van der Waals surface area contributed by atoms with E-state index in [0.29, 0.717) is 5.82 Å². The molecule has 0 aliphatic carbocycles. The molecule has 6 nitrogen and oxygen atoms in total. The van der Waals surface area contributed by atoms with E-state index in [4.69, 9.17) is 4.98 Å². The summed E-state index contributed by atoms with van der Waals surface area (Å²) < 4.78 is 28.6. The van der Waals surface area contributed by atoms with E-state index in [0.717, 1.165) is 48.2 Å². The molecule has 1 aliphatic rings. The zero-order chi connectivity index (χ0) is 23.9. The van der Waals surface area contributed by atoms with Crippen LogP contribution in [0.1, 0.15) is 49.6 Å². The zero-order valence-corrected chi connectivity index (χ0v) is 20.2. The third-order valence-electron chi connectivity index (χ3n) is 7.15. The van der Waals surface area contributed by atoms with Crippen molar-refractivity contribution in [1.82, 2.24) is 20.1 Å². The van der Waals surface area contributed by atoms with E-state index in [1.807, 2.05) is 19.2 Å². The molecule has 176 valence electrons. The first kappa shape index (κ1) is 23.3. The minimum Gasteiger partial charge on any atom is -0.361 e. The molecule has 0 amide bonds. The third kappa shape index (κ3) is 4.49. The monoisotopic (exact) mass is 454 g/mol. The minimum atomic E-state index is -0.494. The summed E-state index contributed by atoms with van der Waals surface area (Å²) >= 11 is 0. The van der Waals surface area contributed by atoms with E-state index in [9.17, 15) is 8.78 Å². The largest absolute Gasteiger partial charge is 0.361 e. The molecule has 0 unspecified atom stereocenters. The number of piperidine rings is 1. The summed E-state index contributed by atoms with van der Waals surface area (Å²) in [6.45, 7) is 9.37. The van der Waals surface area contributed by atoms with Crippen LogP contribution < -0.4 is 10.2 Å². The number of hydrogen-bond acceptors (Lipinski definition) is 6. The van der Waals surface area contributed by atoms with Crippen LogP contribution in [-0.2, 0) is 0 Å². The fraction of sp³-hybridized carbons (Fsp3) is 0.480. The number of rotatable bonds is 5. The van der Waals surface area contributed by atoms with Crippen molar-refractivity contribution >= 4 is 22.4 Å². The van der Waals surface area contributed by atoms with Gasteiger partial charge >= 0.3 is 0 Å². The first-order chi connectivity index (χ1) is 15.6. The molecular weight excluding hydrogens is 422 g/mol. The highest BCUT2D eigenvalue weighted by Gasteiger charge is 2.32. The predicted octanol–water partition coefficient (Wildman–Crippen LogP) is 5.01. The number of aromatic nitrogens is 3. The highest BCUT2D eigenvalue weighted by Crippen LogP contribution is 2.33. The third-order valence-corrected chi connectivity index (χ3v) is 7.15. The first-order valence-corrected chi connectivity index (χ1v) is 11.4. The van der Waals surface area contributed by atoms with E-state index in [1.165, 1.54) is 12.1 Å². The lowest BCUT2D eigenvalue weighted by molar-refractivity contribution is 0.137. The topological polar surface area (TPSA) is 57.2 Å². The van der Waals surface area contributed by atoms with Crippen LogP contribution in [0.2, 0.25) is 0 Å². The second-order valence-corrected chi connectivity index (χ2v) is 9.59. The Kier molecular flexibility index (Phi) is 6.22. The summed E-state index contributed by atoms with van der Waals surface area (Å²) in [5.41, 5.74) is 1.50. The number of halogens is 2. The van der Waals surface area contributed by atoms with Crippen LogP contribution in [0.4, 0.5) is 20.4 Å². The maximum absolute atomic E-state index is 14.7. The lowest BCUT2D eigenvalue weighted by Crippen LogP contribution is -2.50. The smallest absolute Gasteiger partial charge is 0.157 e. The number of hydrogen-bond donors (Lipinski definition) is 1. The van der Waals surface area contributed by atoms with Gasteiger partial charge in [-0.2, -0.15) is 5.10 Å². The van der Waals surface area contributed by atoms with E-state index >= 15 is 0 Å². The molecule has 1 atom stereocenters. The average Bonchev–Trinajstić information content (AvgIpc) is 2.78. The van der Waals surface area contributed by atoms with Crippen molar-refractivity contribution in [3.05, 3.63) is 52.9 Å². The van der Waals surface area contributed by atoms with Gasteiger partial charge in [-0.15, -0.1) is 5.10 Å². The van der Waals surface area contributed by atoms with Crippen LogP contribution in [0.25, 0.3) is 10.8 Å². The fourth-order valence-electron chi connectivity index (χ4n) is 4.45. The molecule has 33 heavy (non-hydrogen) atoms. The Labute approximate surface area is 194 Å². The maximum Gasteiger partial charge on any atom is 0.157 e. The Morgan fingerprint density at radius 1 is 1.06 bits per heavy atom. The van der Waals surface area contributed by atoms with Gasteiger partial charge in [0.2, 0.25) is 0 Å². The number of fused-ring (bicyclic) bond motifs is 1. The van der Waals surface area contributed by atoms with Crippen molar-refractivity contribution in [3.8, 4) is 0 Å². The molecule has 8 heteroatoms. The molecule has 3 heterocycles. The molecule has 0 bridgehead atoms. The van der Waals surface area contributed by atoms with Gasteiger partial charge in [0.25, 0.3) is 0 Å². The minimum absolute atomic E-state index is 0.185. The van der Waals surface area contributed by atoms with Gasteiger partial charge in [0.05, 0.1) is 11.7 Å². The van der Waals surface area contributed by atoms with Crippen LogP contribution in [0.15, 0.2) is 24.4 Å². The molecule has 1 saturated heterocycles. The first-order valence-electron chi connectivity index (χ1n) is 11.4. The van der Waals surface area contributed by atoms with Crippen LogP contribution >= 0.6 is 0 Å². The SMILES string of the molecule is Cc1cc(F)cc([C@@H](C)Nc2nnc(C)c3cnc(N4CCC(C)(N(C)C)CC4)cc23)c1F. The number of nitrogens with one attached hydrogen (secondary N) is 1. The van der Waals surface area contributed by atoms with Crippen molar-refractivity contribution < 1.29 is 8.78 Å². The Hall–Kier alpha value is -2.87. The molecular formula is C25H32F2N6. The summed E-state index contributed by atoms with van der Waals surface area (Å²) in [7, 11) is 4.26. The highest BCUT2D eigenvalue weighted by molar-refractivity contribution is 5.94. The van der Waals surface area contributed by atoms with Crippen molar-refractivity contribution in [2.24, 2.45) is 0 Å². The van der Waals surface area contributed by atoms with E-state index in [2.05, 4.69) is 46.3 Å². The molecule has 0 saturated carbocycles. The number of anilines is 2. The van der Waals surface area contributed by atoms with Gasteiger partial charge in [0, 0.05) is 41.2 Å². The molecule has 1 N–H and O–H groups in total. The van der Waals surface area contributed by atoms with E-state index in [1.54, 1.807) is 13.8 Å². The van der Waals surface area contributed by atoms with Crippen molar-refractivity contribution in [2.75, 3.05) is 37.4 Å². The second-order valence-electron chi connectivity index (χ2n) is 9.59. The quantitative estimate of drug-likeness (QED) is 0.585. The molecule has 4 rings (SSSR count). The Balaban J connectivity index is 1.65. The van der Waals surface area contributed by atoms with Crippen LogP contribution in [0, 0.1) is 25.5 Å². The lowest BCUT2D eigenvalue weighted by Gasteiger charge is -2.44. The van der Waals surface area contributed by atoms with Gasteiger partial charge in [-0.3, -0.25) is 0 Å². The normalized spacial score (nSPS) is 16.9. The highest BCUT2D eigenvalue weighted by atomic mass is 19.1. The summed E-state index contributed by atoms with van der Waals surface area (Å²) in [6.07, 6.45) is 3.93. The Morgan fingerprint density at radius 2 is 1.76 bits per heavy atom. The zero-order valence-electron chi connectivity index (χ0n) is 20.2. The van der Waals surface area contributed by atoms with Crippen molar-refractivity contribution in [3.63, 3.8) is 0 Å². The van der Waals surface area contributed by atoms with E-state index in [-0.39, 0.29) is 16.7 Å².